The molecule has 0 saturated carbocycles. The molecule has 0 aromatic carbocycles. The van der Waals surface area contributed by atoms with Crippen LogP contribution >= 0.6 is 25.3 Å². The lowest BCUT2D eigenvalue weighted by Gasteiger charge is -2.48. The van der Waals surface area contributed by atoms with E-state index in [2.05, 4.69) is 64.5 Å². The second-order valence-electron chi connectivity index (χ2n) is 7.17. The van der Waals surface area contributed by atoms with Crippen LogP contribution in [0.2, 0.25) is 51.4 Å². The van der Waals surface area contributed by atoms with E-state index in [0.29, 0.717) is 0 Å². The Hall–Kier alpha value is 1.41. The van der Waals surface area contributed by atoms with Crippen molar-refractivity contribution in [2.75, 3.05) is 11.5 Å². The van der Waals surface area contributed by atoms with Gasteiger partial charge in [0.2, 0.25) is 0 Å². The van der Waals surface area contributed by atoms with Crippen molar-refractivity contribution in [3.8, 4) is 0 Å². The lowest BCUT2D eigenvalue weighted by Crippen LogP contribution is -2.65. The Balaban J connectivity index is 3.10. The first kappa shape index (κ1) is 21.5. The van der Waals surface area contributed by atoms with Gasteiger partial charge in [0.15, 0.2) is 0 Å². The third kappa shape index (κ3) is 7.11. The van der Waals surface area contributed by atoms with E-state index in [9.17, 15) is 0 Å². The SMILES string of the molecule is C[Si]1(C)O[Si](C)(C)O[Si](CCCS)(CCCS)O[Si](C)(C)O1. The van der Waals surface area contributed by atoms with Gasteiger partial charge in [0, 0.05) is 0 Å². The Morgan fingerprint density at radius 2 is 0.909 bits per heavy atom. The third-order valence-electron chi connectivity index (χ3n) is 3.28. The van der Waals surface area contributed by atoms with Crippen LogP contribution in [-0.4, -0.2) is 45.7 Å². The maximum Gasteiger partial charge on any atom is 0.320 e. The standard InChI is InChI=1S/C12H32O4S2Si4/c1-19(2)13-20(3,4)15-22(11-7-9-17,12-8-10-18)16-21(5,6)14-19/h17-18H,7-12H2,1-6H3. The van der Waals surface area contributed by atoms with Crippen LogP contribution in [0, 0.1) is 0 Å². The Morgan fingerprint density at radius 3 is 1.23 bits per heavy atom. The lowest BCUT2D eigenvalue weighted by atomic mass is 10.6. The van der Waals surface area contributed by atoms with E-state index in [1.54, 1.807) is 0 Å². The molecule has 0 amide bonds. The van der Waals surface area contributed by atoms with Crippen LogP contribution in [0.4, 0.5) is 0 Å². The first-order valence-electron chi connectivity index (χ1n) is 7.97. The zero-order chi connectivity index (χ0) is 17.1. The zero-order valence-corrected chi connectivity index (χ0v) is 20.6. The molecule has 22 heavy (non-hydrogen) atoms. The summed E-state index contributed by atoms with van der Waals surface area (Å²) in [5.41, 5.74) is 0. The molecule has 1 aliphatic heterocycles. The van der Waals surface area contributed by atoms with Crippen LogP contribution in [0.5, 0.6) is 0 Å². The number of hydrogen-bond acceptors (Lipinski definition) is 6. The van der Waals surface area contributed by atoms with Crippen molar-refractivity contribution < 1.29 is 16.5 Å². The summed E-state index contributed by atoms with van der Waals surface area (Å²) in [6, 6.07) is 1.93. The van der Waals surface area contributed by atoms with Crippen molar-refractivity contribution in [3.63, 3.8) is 0 Å². The highest BCUT2D eigenvalue weighted by Gasteiger charge is 2.53. The molecule has 0 unspecified atom stereocenters. The van der Waals surface area contributed by atoms with Crippen molar-refractivity contribution >= 4 is 59.5 Å². The zero-order valence-electron chi connectivity index (χ0n) is 14.8. The normalized spacial score (nSPS) is 26.2. The largest absolute Gasteiger partial charge is 0.416 e. The smallest absolute Gasteiger partial charge is 0.320 e. The summed E-state index contributed by atoms with van der Waals surface area (Å²) in [5.74, 6) is 1.71. The average molecular weight is 417 g/mol. The molecule has 0 radical (unpaired) electrons. The molecule has 0 aliphatic carbocycles. The minimum Gasteiger partial charge on any atom is -0.416 e. The van der Waals surface area contributed by atoms with Gasteiger partial charge in [-0.1, -0.05) is 0 Å². The molecular formula is C12H32O4S2Si4. The molecule has 10 heteroatoms. The van der Waals surface area contributed by atoms with E-state index in [1.165, 1.54) is 0 Å². The van der Waals surface area contributed by atoms with Gasteiger partial charge in [-0.3, -0.25) is 0 Å². The molecule has 1 aliphatic rings. The van der Waals surface area contributed by atoms with Gasteiger partial charge in [0.05, 0.1) is 0 Å². The maximum absolute atomic E-state index is 6.70. The molecule has 0 aromatic rings. The molecule has 1 heterocycles. The Bertz CT molecular complexity index is 337. The summed E-state index contributed by atoms with van der Waals surface area (Å²) >= 11 is 8.75. The van der Waals surface area contributed by atoms with Crippen molar-refractivity contribution in [2.24, 2.45) is 0 Å². The summed E-state index contributed by atoms with van der Waals surface area (Å²) in [5, 5.41) is 0. The minimum atomic E-state index is -2.34. The second-order valence-corrected chi connectivity index (χ2v) is 22.6. The molecule has 1 rings (SSSR count). The van der Waals surface area contributed by atoms with Gasteiger partial charge in [-0.2, -0.15) is 25.3 Å². The highest BCUT2D eigenvalue weighted by molar-refractivity contribution is 7.80. The molecule has 0 atom stereocenters. The Morgan fingerprint density at radius 1 is 0.591 bits per heavy atom. The second kappa shape index (κ2) is 8.19. The van der Waals surface area contributed by atoms with Gasteiger partial charge in [-0.05, 0) is 75.7 Å². The molecule has 0 spiro atoms. The summed E-state index contributed by atoms with van der Waals surface area (Å²) in [7, 11) is -9.07. The van der Waals surface area contributed by atoms with Crippen LogP contribution in [0.15, 0.2) is 0 Å². The van der Waals surface area contributed by atoms with Gasteiger partial charge >= 0.3 is 34.2 Å². The highest BCUT2D eigenvalue weighted by Crippen LogP contribution is 2.35. The van der Waals surface area contributed by atoms with Gasteiger partial charge < -0.3 is 16.5 Å². The highest BCUT2D eigenvalue weighted by atomic mass is 32.1. The van der Waals surface area contributed by atoms with E-state index in [-0.39, 0.29) is 0 Å². The molecule has 4 nitrogen and oxygen atoms in total. The molecule has 0 bridgehead atoms. The molecule has 132 valence electrons. The van der Waals surface area contributed by atoms with Gasteiger partial charge in [0.1, 0.15) is 0 Å². The fourth-order valence-corrected chi connectivity index (χ4v) is 26.2. The quantitative estimate of drug-likeness (QED) is 0.501. The van der Waals surface area contributed by atoms with Crippen molar-refractivity contribution in [1.29, 1.82) is 0 Å². The first-order chi connectivity index (χ1) is 9.95. The van der Waals surface area contributed by atoms with Crippen LogP contribution in [0.1, 0.15) is 12.8 Å². The summed E-state index contributed by atoms with van der Waals surface area (Å²) in [4.78, 5) is 0. The van der Waals surface area contributed by atoms with Crippen molar-refractivity contribution in [3.05, 3.63) is 0 Å². The lowest BCUT2D eigenvalue weighted by molar-refractivity contribution is 0.229. The fourth-order valence-electron chi connectivity index (χ4n) is 3.19. The predicted molar refractivity (Wildman–Crippen MR) is 109 cm³/mol. The first-order valence-corrected chi connectivity index (χ1v) is 19.9. The van der Waals surface area contributed by atoms with E-state index < -0.39 is 34.2 Å². The van der Waals surface area contributed by atoms with Gasteiger partial charge in [-0.25, -0.2) is 0 Å². The van der Waals surface area contributed by atoms with E-state index in [0.717, 1.165) is 36.4 Å². The molecule has 0 N–H and O–H groups in total. The van der Waals surface area contributed by atoms with Gasteiger partial charge in [-0.15, -0.1) is 0 Å². The summed E-state index contributed by atoms with van der Waals surface area (Å²) < 4.78 is 26.2. The average Bonchev–Trinajstić information content (AvgIpc) is 2.28. The predicted octanol–water partition coefficient (Wildman–Crippen LogP) is 4.25. The molecule has 1 saturated heterocycles. The van der Waals surface area contributed by atoms with E-state index in [1.807, 2.05) is 0 Å². The van der Waals surface area contributed by atoms with Crippen LogP contribution in [-0.2, 0) is 16.5 Å². The molecule has 1 fully saturated rings. The topological polar surface area (TPSA) is 36.9 Å². The number of hydrogen-bond donors (Lipinski definition) is 2. The summed E-state index contributed by atoms with van der Waals surface area (Å²) in [6.07, 6.45) is 2.02. The Labute approximate surface area is 151 Å². The van der Waals surface area contributed by atoms with Crippen molar-refractivity contribution in [2.45, 2.75) is 64.2 Å². The fraction of sp³-hybridized carbons (Fsp3) is 1.00. The molecule has 0 aromatic heterocycles. The van der Waals surface area contributed by atoms with E-state index in [4.69, 9.17) is 16.5 Å². The van der Waals surface area contributed by atoms with Crippen LogP contribution in [0.25, 0.3) is 0 Å². The van der Waals surface area contributed by atoms with Crippen molar-refractivity contribution in [1.82, 2.24) is 0 Å². The monoisotopic (exact) mass is 416 g/mol. The third-order valence-corrected chi connectivity index (χ3v) is 20.9. The summed E-state index contributed by atoms with van der Waals surface area (Å²) in [6.45, 7) is 12.7. The maximum atomic E-state index is 6.70. The number of rotatable bonds is 6. The van der Waals surface area contributed by atoms with Crippen LogP contribution < -0.4 is 0 Å². The minimum absolute atomic E-state index is 0.855. The van der Waals surface area contributed by atoms with E-state index >= 15 is 0 Å². The van der Waals surface area contributed by atoms with Gasteiger partial charge in [0.25, 0.3) is 0 Å². The van der Waals surface area contributed by atoms with Crippen LogP contribution in [0.3, 0.4) is 0 Å². The number of thiol groups is 2. The Kier molecular flexibility index (Phi) is 7.99. The molecular weight excluding hydrogens is 385 g/mol.